The summed E-state index contributed by atoms with van der Waals surface area (Å²) in [5.41, 5.74) is 2.41. The van der Waals surface area contributed by atoms with Crippen molar-refractivity contribution in [3.63, 3.8) is 0 Å². The van der Waals surface area contributed by atoms with Crippen LogP contribution in [0.25, 0.3) is 0 Å². The molecule has 110 valence electrons. The quantitative estimate of drug-likeness (QED) is 0.777. The van der Waals surface area contributed by atoms with E-state index in [-0.39, 0.29) is 5.92 Å². The summed E-state index contributed by atoms with van der Waals surface area (Å²) in [5.74, 6) is 0.581. The van der Waals surface area contributed by atoms with Gasteiger partial charge in [0, 0.05) is 24.6 Å². The lowest BCUT2D eigenvalue weighted by Crippen LogP contribution is -2.32. The van der Waals surface area contributed by atoms with Crippen LogP contribution in [0.5, 0.6) is 0 Å². The zero-order chi connectivity index (χ0) is 14.5. The van der Waals surface area contributed by atoms with Crippen molar-refractivity contribution < 1.29 is 9.21 Å². The van der Waals surface area contributed by atoms with Crippen molar-refractivity contribution in [1.82, 2.24) is 4.90 Å². The fraction of sp³-hybridized carbons (Fsp3) is 0.389. The normalized spacial score (nSPS) is 14.1. The number of benzene rings is 1. The van der Waals surface area contributed by atoms with E-state index in [1.54, 1.807) is 12.5 Å². The Morgan fingerprint density at radius 3 is 2.62 bits per heavy atom. The first-order valence-electron chi connectivity index (χ1n) is 7.67. The predicted molar refractivity (Wildman–Crippen MR) is 81.6 cm³/mol. The molecule has 0 saturated heterocycles. The van der Waals surface area contributed by atoms with Crippen LogP contribution in [0.4, 0.5) is 0 Å². The summed E-state index contributed by atoms with van der Waals surface area (Å²) in [7, 11) is 0. The Morgan fingerprint density at radius 2 is 1.95 bits per heavy atom. The van der Waals surface area contributed by atoms with E-state index in [0.717, 1.165) is 37.8 Å². The van der Waals surface area contributed by atoms with Gasteiger partial charge in [0.25, 0.3) is 0 Å². The van der Waals surface area contributed by atoms with Crippen molar-refractivity contribution in [3.8, 4) is 0 Å². The van der Waals surface area contributed by atoms with Crippen LogP contribution < -0.4 is 0 Å². The van der Waals surface area contributed by atoms with Gasteiger partial charge in [0.05, 0.1) is 12.5 Å². The Kier molecular flexibility index (Phi) is 4.39. The number of aryl methyl sites for hydroxylation is 1. The number of hydrogen-bond donors (Lipinski definition) is 0. The zero-order valence-corrected chi connectivity index (χ0v) is 12.2. The van der Waals surface area contributed by atoms with Gasteiger partial charge in [-0.3, -0.25) is 4.79 Å². The standard InChI is InChI=1S/C18H21NO2/c20-18(17-8-9-17)19(13-16-10-12-21-14-16)11-4-7-15-5-2-1-3-6-15/h1-3,5-6,10,12,14,17H,4,7-9,11,13H2. The highest BCUT2D eigenvalue weighted by Gasteiger charge is 2.33. The average Bonchev–Trinajstić information content (AvgIpc) is 3.24. The van der Waals surface area contributed by atoms with E-state index >= 15 is 0 Å². The van der Waals surface area contributed by atoms with Crippen LogP contribution in [0.15, 0.2) is 53.3 Å². The molecule has 3 rings (SSSR count). The molecule has 1 amide bonds. The van der Waals surface area contributed by atoms with Gasteiger partial charge in [-0.05, 0) is 37.3 Å². The van der Waals surface area contributed by atoms with Crippen LogP contribution in [-0.4, -0.2) is 17.4 Å². The molecule has 1 aromatic carbocycles. The fourth-order valence-electron chi connectivity index (χ4n) is 2.58. The third kappa shape index (κ3) is 3.97. The third-order valence-corrected chi connectivity index (χ3v) is 3.93. The van der Waals surface area contributed by atoms with E-state index in [9.17, 15) is 4.79 Å². The average molecular weight is 283 g/mol. The molecule has 1 aliphatic rings. The van der Waals surface area contributed by atoms with Gasteiger partial charge in [-0.15, -0.1) is 0 Å². The van der Waals surface area contributed by atoms with Gasteiger partial charge in [-0.25, -0.2) is 0 Å². The van der Waals surface area contributed by atoms with Crippen LogP contribution in [0.1, 0.15) is 30.4 Å². The molecule has 3 heteroatoms. The Bertz CT molecular complexity index is 558. The fourth-order valence-corrected chi connectivity index (χ4v) is 2.58. The largest absolute Gasteiger partial charge is 0.472 e. The first kappa shape index (κ1) is 13.9. The summed E-state index contributed by atoms with van der Waals surface area (Å²) < 4.78 is 5.11. The van der Waals surface area contributed by atoms with E-state index in [1.807, 2.05) is 17.0 Å². The number of carbonyl (C=O) groups excluding carboxylic acids is 1. The highest BCUT2D eigenvalue weighted by Crippen LogP contribution is 2.31. The SMILES string of the molecule is O=C(C1CC1)N(CCCc1ccccc1)Cc1ccoc1. The predicted octanol–water partition coefficient (Wildman–Crippen LogP) is 3.65. The minimum absolute atomic E-state index is 0.272. The van der Waals surface area contributed by atoms with Crippen LogP contribution >= 0.6 is 0 Å². The Labute approximate surface area is 125 Å². The molecule has 1 saturated carbocycles. The van der Waals surface area contributed by atoms with Gasteiger partial charge < -0.3 is 9.32 Å². The van der Waals surface area contributed by atoms with Crippen molar-refractivity contribution in [3.05, 3.63) is 60.1 Å². The third-order valence-electron chi connectivity index (χ3n) is 3.93. The van der Waals surface area contributed by atoms with Gasteiger partial charge in [0.1, 0.15) is 0 Å². The molecule has 0 radical (unpaired) electrons. The van der Waals surface area contributed by atoms with E-state index in [1.165, 1.54) is 5.56 Å². The Hall–Kier alpha value is -2.03. The summed E-state index contributed by atoms with van der Waals surface area (Å²) >= 11 is 0. The molecule has 0 unspecified atom stereocenters. The second-order valence-corrected chi connectivity index (χ2v) is 5.75. The number of rotatable bonds is 7. The molecule has 0 spiro atoms. The van der Waals surface area contributed by atoms with Crippen molar-refractivity contribution in [2.45, 2.75) is 32.2 Å². The van der Waals surface area contributed by atoms with Gasteiger partial charge in [-0.2, -0.15) is 0 Å². The lowest BCUT2D eigenvalue weighted by Gasteiger charge is -2.22. The summed E-state index contributed by atoms with van der Waals surface area (Å²) in [6.45, 7) is 1.48. The number of furan rings is 1. The molecule has 1 aromatic heterocycles. The molecule has 2 aromatic rings. The molecule has 0 bridgehead atoms. The minimum Gasteiger partial charge on any atom is -0.472 e. The highest BCUT2D eigenvalue weighted by atomic mass is 16.3. The second kappa shape index (κ2) is 6.61. The van der Waals surface area contributed by atoms with Gasteiger partial charge in [0.2, 0.25) is 5.91 Å². The number of nitrogens with zero attached hydrogens (tertiary/aromatic N) is 1. The van der Waals surface area contributed by atoms with Crippen molar-refractivity contribution >= 4 is 5.91 Å². The summed E-state index contributed by atoms with van der Waals surface area (Å²) in [4.78, 5) is 14.4. The Morgan fingerprint density at radius 1 is 1.14 bits per heavy atom. The molecule has 0 atom stereocenters. The van der Waals surface area contributed by atoms with Crippen molar-refractivity contribution in [1.29, 1.82) is 0 Å². The van der Waals surface area contributed by atoms with Gasteiger partial charge in [0.15, 0.2) is 0 Å². The molecular formula is C18H21NO2. The van der Waals surface area contributed by atoms with E-state index in [0.29, 0.717) is 12.5 Å². The molecule has 1 fully saturated rings. The van der Waals surface area contributed by atoms with Gasteiger partial charge >= 0.3 is 0 Å². The zero-order valence-electron chi connectivity index (χ0n) is 12.2. The maximum absolute atomic E-state index is 12.4. The summed E-state index contributed by atoms with van der Waals surface area (Å²) in [5, 5.41) is 0. The Balaban J connectivity index is 1.55. The van der Waals surface area contributed by atoms with Crippen LogP contribution in [-0.2, 0) is 17.8 Å². The maximum Gasteiger partial charge on any atom is 0.225 e. The van der Waals surface area contributed by atoms with Crippen molar-refractivity contribution in [2.24, 2.45) is 5.92 Å². The van der Waals surface area contributed by atoms with Crippen LogP contribution in [0.3, 0.4) is 0 Å². The number of carbonyl (C=O) groups is 1. The van der Waals surface area contributed by atoms with E-state index in [2.05, 4.69) is 24.3 Å². The summed E-state index contributed by atoms with van der Waals surface area (Å²) in [6.07, 6.45) is 7.52. The first-order chi connectivity index (χ1) is 10.3. The first-order valence-corrected chi connectivity index (χ1v) is 7.67. The van der Waals surface area contributed by atoms with Crippen LogP contribution in [0.2, 0.25) is 0 Å². The molecule has 1 aliphatic carbocycles. The molecule has 0 aliphatic heterocycles. The lowest BCUT2D eigenvalue weighted by atomic mass is 10.1. The maximum atomic E-state index is 12.4. The highest BCUT2D eigenvalue weighted by molar-refractivity contribution is 5.81. The monoisotopic (exact) mass is 283 g/mol. The van der Waals surface area contributed by atoms with Crippen molar-refractivity contribution in [2.75, 3.05) is 6.54 Å². The lowest BCUT2D eigenvalue weighted by molar-refractivity contribution is -0.133. The smallest absolute Gasteiger partial charge is 0.225 e. The molecule has 0 N–H and O–H groups in total. The number of hydrogen-bond acceptors (Lipinski definition) is 2. The second-order valence-electron chi connectivity index (χ2n) is 5.75. The molecular weight excluding hydrogens is 262 g/mol. The molecule has 21 heavy (non-hydrogen) atoms. The number of amides is 1. The van der Waals surface area contributed by atoms with Crippen LogP contribution in [0, 0.1) is 5.92 Å². The van der Waals surface area contributed by atoms with E-state index < -0.39 is 0 Å². The van der Waals surface area contributed by atoms with Gasteiger partial charge in [-0.1, -0.05) is 30.3 Å². The topological polar surface area (TPSA) is 33.5 Å². The summed E-state index contributed by atoms with van der Waals surface area (Å²) in [6, 6.07) is 12.4. The van der Waals surface area contributed by atoms with E-state index in [4.69, 9.17) is 4.42 Å². The molecule has 3 nitrogen and oxygen atoms in total. The molecule has 1 heterocycles. The minimum atomic E-state index is 0.272.